The van der Waals surface area contributed by atoms with Crippen LogP contribution in [0.1, 0.15) is 63.0 Å². The summed E-state index contributed by atoms with van der Waals surface area (Å²) in [7, 11) is 0. The van der Waals surface area contributed by atoms with Crippen LogP contribution in [-0.4, -0.2) is 160 Å². The maximum atomic E-state index is 14.3. The van der Waals surface area contributed by atoms with Gasteiger partial charge in [-0.05, 0) is 87.4 Å². The second kappa shape index (κ2) is 19.1. The van der Waals surface area contributed by atoms with Gasteiger partial charge in [-0.3, -0.25) is 9.59 Å². The predicted octanol–water partition coefficient (Wildman–Crippen LogP) is 1.66. The summed E-state index contributed by atoms with van der Waals surface area (Å²) in [5, 5.41) is 39.4. The third-order valence-corrected chi connectivity index (χ3v) is 12.5. The Kier molecular flexibility index (Phi) is 13.7. The van der Waals surface area contributed by atoms with E-state index in [2.05, 4.69) is 20.9 Å². The molecule has 7 rings (SSSR count). The molecule has 4 saturated heterocycles. The highest BCUT2D eigenvalue weighted by atomic mass is 16.7. The molecular weight excluding hydrogens is 747 g/mol. The highest BCUT2D eigenvalue weighted by molar-refractivity contribution is 5.91. The summed E-state index contributed by atoms with van der Waals surface area (Å²) >= 11 is 0. The summed E-state index contributed by atoms with van der Waals surface area (Å²) in [5.41, 5.74) is 2.72. The van der Waals surface area contributed by atoms with Crippen LogP contribution in [0.3, 0.4) is 0 Å². The summed E-state index contributed by atoms with van der Waals surface area (Å²) in [6.45, 7) is 5.67. The van der Waals surface area contributed by atoms with E-state index in [4.69, 9.17) is 9.47 Å². The highest BCUT2D eigenvalue weighted by Crippen LogP contribution is 2.28. The predicted molar refractivity (Wildman–Crippen MR) is 214 cm³/mol. The first-order valence-electron chi connectivity index (χ1n) is 21.0. The fraction of sp³-hybridized carbons (Fsp3) is 0.619. The van der Waals surface area contributed by atoms with Gasteiger partial charge >= 0.3 is 12.1 Å². The van der Waals surface area contributed by atoms with Crippen LogP contribution in [0, 0.1) is 0 Å². The van der Waals surface area contributed by atoms with Gasteiger partial charge in [-0.15, -0.1) is 0 Å². The summed E-state index contributed by atoms with van der Waals surface area (Å²) < 4.78 is 11.7. The lowest BCUT2D eigenvalue weighted by Crippen LogP contribution is -2.65. The lowest BCUT2D eigenvalue weighted by molar-refractivity contribution is -0.244. The average molecular weight is 806 g/mol. The number of piperidine rings is 3. The molecule has 0 saturated carbocycles. The fourth-order valence-electron chi connectivity index (χ4n) is 9.16. The van der Waals surface area contributed by atoms with Crippen LogP contribution in [0.2, 0.25) is 0 Å². The van der Waals surface area contributed by atoms with E-state index in [9.17, 15) is 34.5 Å². The third kappa shape index (κ3) is 9.85. The van der Waals surface area contributed by atoms with Crippen molar-refractivity contribution in [1.82, 2.24) is 30.2 Å². The van der Waals surface area contributed by atoms with E-state index < -0.39 is 49.2 Å². The average Bonchev–Trinajstić information content (AvgIpc) is 3.41. The summed E-state index contributed by atoms with van der Waals surface area (Å²) in [4.78, 5) is 61.3. The largest absolute Gasteiger partial charge is 0.463 e. The molecule has 2 aromatic carbocycles. The molecule has 58 heavy (non-hydrogen) atoms. The minimum Gasteiger partial charge on any atom is -0.463 e. The molecule has 316 valence electrons. The second-order valence-corrected chi connectivity index (χ2v) is 16.3. The number of para-hydroxylation sites is 1. The van der Waals surface area contributed by atoms with Gasteiger partial charge in [0.2, 0.25) is 18.1 Å². The molecule has 5 aliphatic heterocycles. The van der Waals surface area contributed by atoms with Gasteiger partial charge in [0, 0.05) is 63.8 Å². The molecule has 0 radical (unpaired) electrons. The van der Waals surface area contributed by atoms with Crippen LogP contribution >= 0.6 is 0 Å². The molecule has 2 aromatic rings. The number of amides is 6. The van der Waals surface area contributed by atoms with Gasteiger partial charge in [0.25, 0.3) is 0 Å². The van der Waals surface area contributed by atoms with Crippen LogP contribution in [0.4, 0.5) is 15.3 Å². The molecule has 6 N–H and O–H groups in total. The van der Waals surface area contributed by atoms with Crippen molar-refractivity contribution < 1.29 is 44.0 Å². The van der Waals surface area contributed by atoms with Gasteiger partial charge in [-0.25, -0.2) is 9.59 Å². The molecule has 4 fully saturated rings. The van der Waals surface area contributed by atoms with Crippen LogP contribution < -0.4 is 20.7 Å². The number of fused-ring (bicyclic) bond motifs is 1. The Labute approximate surface area is 339 Å². The highest BCUT2D eigenvalue weighted by Gasteiger charge is 2.46. The number of aliphatic hydroxyl groups is 3. The molecule has 5 aliphatic rings. The molecule has 5 heterocycles. The Hall–Kier alpha value is -4.48. The maximum absolute atomic E-state index is 14.3. The van der Waals surface area contributed by atoms with Crippen molar-refractivity contribution in [3.05, 3.63) is 59.7 Å². The third-order valence-electron chi connectivity index (χ3n) is 12.5. The van der Waals surface area contributed by atoms with Crippen molar-refractivity contribution in [1.29, 1.82) is 0 Å². The monoisotopic (exact) mass is 805 g/mol. The van der Waals surface area contributed by atoms with E-state index in [0.717, 1.165) is 49.2 Å². The van der Waals surface area contributed by atoms with Crippen LogP contribution in [0.25, 0.3) is 0 Å². The van der Waals surface area contributed by atoms with E-state index in [-0.39, 0.29) is 30.4 Å². The first-order valence-corrected chi connectivity index (χ1v) is 21.0. The number of carbonyl (C=O) groups excluding carboxylic acids is 4. The van der Waals surface area contributed by atoms with Crippen LogP contribution in [0.5, 0.6) is 5.75 Å². The number of hydrogen-bond donors (Lipinski definition) is 6. The normalized spacial score (nSPS) is 26.9. The number of urea groups is 2. The van der Waals surface area contributed by atoms with Gasteiger partial charge in [-0.2, -0.15) is 0 Å². The molecule has 6 amide bonds. The number of nitrogens with one attached hydrogen (secondary N) is 3. The minimum absolute atomic E-state index is 0.00638. The van der Waals surface area contributed by atoms with E-state index in [1.165, 1.54) is 26.2 Å². The Bertz CT molecular complexity index is 1730. The van der Waals surface area contributed by atoms with Gasteiger partial charge in [-0.1, -0.05) is 36.8 Å². The first-order chi connectivity index (χ1) is 28.1. The Morgan fingerprint density at radius 3 is 2.22 bits per heavy atom. The Morgan fingerprint density at radius 2 is 1.53 bits per heavy atom. The number of benzene rings is 2. The van der Waals surface area contributed by atoms with Crippen molar-refractivity contribution in [2.45, 2.75) is 113 Å². The van der Waals surface area contributed by atoms with Crippen molar-refractivity contribution in [3.63, 3.8) is 0 Å². The number of rotatable bonds is 10. The molecule has 16 heteroatoms. The SMILES string of the molecule is CC(=O)N[C@H]1[C@@H](Oc2ccc(C[C@@H](NC(=O)N3CCC(N4CCc5ccccc5NC4=O)CC3)C(=O)N3CCC(N4CCCCC4)CC3)cc2)O[C@H](CO)[C@@H](O)[C@@H]1O. The van der Waals surface area contributed by atoms with Gasteiger partial charge < -0.3 is 60.3 Å². The molecule has 0 aromatic heterocycles. The molecule has 16 nitrogen and oxygen atoms in total. The topological polar surface area (TPSA) is 196 Å². The number of anilines is 1. The number of hydrogen-bond acceptors (Lipinski definition) is 10. The van der Waals surface area contributed by atoms with Crippen LogP contribution in [0.15, 0.2) is 48.5 Å². The molecule has 0 bridgehead atoms. The van der Waals surface area contributed by atoms with E-state index >= 15 is 0 Å². The zero-order chi connectivity index (χ0) is 40.8. The Morgan fingerprint density at radius 1 is 0.862 bits per heavy atom. The number of ether oxygens (including phenoxy) is 2. The fourth-order valence-corrected chi connectivity index (χ4v) is 9.16. The van der Waals surface area contributed by atoms with Crippen LogP contribution in [-0.2, 0) is 27.2 Å². The zero-order valence-corrected chi connectivity index (χ0v) is 33.3. The molecule has 0 aliphatic carbocycles. The molecule has 6 atom stereocenters. The van der Waals surface area contributed by atoms with Gasteiger partial charge in [0.05, 0.1) is 6.61 Å². The quantitative estimate of drug-likeness (QED) is 0.206. The maximum Gasteiger partial charge on any atom is 0.322 e. The number of carbonyl (C=O) groups is 4. The molecular formula is C42H59N7O9. The first kappa shape index (κ1) is 41.7. The lowest BCUT2D eigenvalue weighted by atomic mass is 9.97. The smallest absolute Gasteiger partial charge is 0.322 e. The van der Waals surface area contributed by atoms with Crippen molar-refractivity contribution in [2.75, 3.05) is 57.7 Å². The molecule has 0 spiro atoms. The number of nitrogens with zero attached hydrogens (tertiary/aromatic N) is 4. The van der Waals surface area contributed by atoms with E-state index in [1.807, 2.05) is 34.1 Å². The lowest BCUT2D eigenvalue weighted by Gasteiger charge is -2.42. The molecule has 0 unspecified atom stereocenters. The van der Waals surface area contributed by atoms with E-state index in [1.54, 1.807) is 29.2 Å². The van der Waals surface area contributed by atoms with Crippen molar-refractivity contribution in [2.24, 2.45) is 0 Å². The number of aliphatic hydroxyl groups excluding tert-OH is 3. The van der Waals surface area contributed by atoms with Crippen molar-refractivity contribution in [3.8, 4) is 5.75 Å². The van der Waals surface area contributed by atoms with Crippen molar-refractivity contribution >= 4 is 29.6 Å². The minimum atomic E-state index is -1.45. The summed E-state index contributed by atoms with van der Waals surface area (Å²) in [6, 6.07) is 12.8. The standard InChI is InChI=1S/C42H59N7O9/c1-27(51)43-36-38(53)37(52)35(26-50)58-40(36)57-32-11-9-28(10-12-32)25-34(39(54)47-20-14-30(15-21-47)46-18-5-2-6-19-46)45-41(55)48-22-16-31(17-23-48)49-24-13-29-7-3-4-8-33(29)44-42(49)56/h3-4,7-12,30-31,34-38,40,50,52-53H,2,5-6,13-26H2,1H3,(H,43,51)(H,44,56)(H,45,55)/t34-,35-,36-,37-,38-,40+/m1/s1. The summed E-state index contributed by atoms with van der Waals surface area (Å²) in [5.74, 6) is -0.251. The zero-order valence-electron chi connectivity index (χ0n) is 33.3. The van der Waals surface area contributed by atoms with Gasteiger partial charge in [0.15, 0.2) is 0 Å². The van der Waals surface area contributed by atoms with E-state index in [0.29, 0.717) is 57.4 Å². The van der Waals surface area contributed by atoms with Gasteiger partial charge in [0.1, 0.15) is 36.1 Å². The number of likely N-dealkylation sites (tertiary alicyclic amines) is 3. The Balaban J connectivity index is 1.00. The second-order valence-electron chi connectivity index (χ2n) is 16.3. The summed E-state index contributed by atoms with van der Waals surface area (Å²) in [6.07, 6.45) is 2.52.